The lowest BCUT2D eigenvalue weighted by Crippen LogP contribution is -2.45. The third kappa shape index (κ3) is 7.96. The average Bonchev–Trinajstić information content (AvgIpc) is 3.41. The number of rotatable bonds is 12. The van der Waals surface area contributed by atoms with Crippen molar-refractivity contribution in [1.29, 1.82) is 0 Å². The van der Waals surface area contributed by atoms with Crippen molar-refractivity contribution in [1.82, 2.24) is 14.4 Å². The van der Waals surface area contributed by atoms with Crippen molar-refractivity contribution in [3.8, 4) is 5.75 Å². The Labute approximate surface area is 237 Å². The summed E-state index contributed by atoms with van der Waals surface area (Å²) in [6, 6.07) is 31.5. The maximum Gasteiger partial charge on any atom is 0.247 e. The van der Waals surface area contributed by atoms with E-state index in [1.807, 2.05) is 116 Å². The van der Waals surface area contributed by atoms with Crippen molar-refractivity contribution < 1.29 is 14.3 Å². The predicted octanol–water partition coefficient (Wildman–Crippen LogP) is 6.02. The topological polar surface area (TPSA) is 54.8 Å². The Balaban J connectivity index is 1.53. The van der Waals surface area contributed by atoms with Crippen molar-refractivity contribution in [3.63, 3.8) is 0 Å². The van der Waals surface area contributed by atoms with E-state index in [9.17, 15) is 9.59 Å². The Kier molecular flexibility index (Phi) is 9.94. The summed E-state index contributed by atoms with van der Waals surface area (Å²) >= 11 is 0. The van der Waals surface area contributed by atoms with Crippen LogP contribution in [0.4, 0.5) is 0 Å². The summed E-state index contributed by atoms with van der Waals surface area (Å²) in [6.07, 6.45) is 5.36. The monoisotopic (exact) mass is 535 g/mol. The molecule has 4 aromatic rings. The molecule has 0 aliphatic carbocycles. The lowest BCUT2D eigenvalue weighted by molar-refractivity contribution is -0.140. The molecule has 0 saturated carbocycles. The molecule has 0 unspecified atom stereocenters. The van der Waals surface area contributed by atoms with Crippen LogP contribution in [0, 0.1) is 0 Å². The van der Waals surface area contributed by atoms with Crippen LogP contribution in [-0.2, 0) is 29.2 Å². The third-order valence-electron chi connectivity index (χ3n) is 6.76. The summed E-state index contributed by atoms with van der Waals surface area (Å²) in [4.78, 5) is 30.4. The van der Waals surface area contributed by atoms with Crippen LogP contribution < -0.4 is 4.74 Å². The number of ether oxygens (including phenoxy) is 1. The van der Waals surface area contributed by atoms with E-state index in [1.165, 1.54) is 0 Å². The van der Waals surface area contributed by atoms with Crippen LogP contribution in [0.15, 0.2) is 109 Å². The summed E-state index contributed by atoms with van der Waals surface area (Å²) < 4.78 is 7.53. The predicted molar refractivity (Wildman–Crippen MR) is 160 cm³/mol. The van der Waals surface area contributed by atoms with Gasteiger partial charge in [0, 0.05) is 37.1 Å². The van der Waals surface area contributed by atoms with E-state index in [4.69, 9.17) is 4.74 Å². The lowest BCUT2D eigenvalue weighted by Gasteiger charge is -2.30. The Hall–Kier alpha value is -4.58. The van der Waals surface area contributed by atoms with Gasteiger partial charge in [-0.15, -0.1) is 0 Å². The molecule has 6 heteroatoms. The van der Waals surface area contributed by atoms with Gasteiger partial charge in [0.1, 0.15) is 12.3 Å². The second kappa shape index (κ2) is 14.0. The van der Waals surface area contributed by atoms with Gasteiger partial charge in [-0.05, 0) is 60.9 Å². The van der Waals surface area contributed by atoms with E-state index in [2.05, 4.69) is 10.6 Å². The highest BCUT2D eigenvalue weighted by Gasteiger charge is 2.23. The zero-order valence-corrected chi connectivity index (χ0v) is 23.4. The van der Waals surface area contributed by atoms with Crippen LogP contribution in [0.3, 0.4) is 0 Å². The van der Waals surface area contributed by atoms with Gasteiger partial charge < -0.3 is 19.1 Å². The first-order valence-corrected chi connectivity index (χ1v) is 13.6. The fraction of sp³-hybridized carbons (Fsp3) is 0.235. The molecule has 1 aromatic heterocycles. The Morgan fingerprint density at radius 2 is 1.55 bits per heavy atom. The maximum atomic E-state index is 13.8. The lowest BCUT2D eigenvalue weighted by atomic mass is 10.2. The molecule has 0 aliphatic heterocycles. The minimum Gasteiger partial charge on any atom is -0.497 e. The zero-order valence-electron chi connectivity index (χ0n) is 23.4. The van der Waals surface area contributed by atoms with Gasteiger partial charge in [-0.1, -0.05) is 72.8 Å². The molecule has 6 nitrogen and oxygen atoms in total. The smallest absolute Gasteiger partial charge is 0.247 e. The molecule has 40 heavy (non-hydrogen) atoms. The number of hydrogen-bond donors (Lipinski definition) is 0. The Bertz CT molecular complexity index is 1410. The fourth-order valence-electron chi connectivity index (χ4n) is 4.53. The summed E-state index contributed by atoms with van der Waals surface area (Å²) in [5, 5.41) is 0. The summed E-state index contributed by atoms with van der Waals surface area (Å²) in [7, 11) is 1.66. The van der Waals surface area contributed by atoms with Crippen molar-refractivity contribution in [2.75, 3.05) is 13.7 Å². The van der Waals surface area contributed by atoms with Gasteiger partial charge in [-0.3, -0.25) is 9.59 Å². The number of carbonyl (C=O) groups excluding carboxylic acids is 2. The van der Waals surface area contributed by atoms with Crippen molar-refractivity contribution in [2.24, 2.45) is 0 Å². The second-order valence-electron chi connectivity index (χ2n) is 10.0. The summed E-state index contributed by atoms with van der Waals surface area (Å²) in [5.74, 6) is 0.522. The highest BCUT2D eigenvalue weighted by atomic mass is 16.5. The van der Waals surface area contributed by atoms with Crippen molar-refractivity contribution in [3.05, 3.63) is 132 Å². The average molecular weight is 536 g/mol. The van der Waals surface area contributed by atoms with E-state index < -0.39 is 0 Å². The first kappa shape index (κ1) is 28.4. The van der Waals surface area contributed by atoms with Gasteiger partial charge in [0.25, 0.3) is 0 Å². The number of aromatic nitrogens is 1. The normalized spacial score (nSPS) is 11.1. The molecule has 2 amide bonds. The van der Waals surface area contributed by atoms with Crippen molar-refractivity contribution in [2.45, 2.75) is 39.5 Å². The van der Waals surface area contributed by atoms with Crippen LogP contribution >= 0.6 is 0 Å². The van der Waals surface area contributed by atoms with Gasteiger partial charge in [0.15, 0.2) is 0 Å². The number of nitrogens with zero attached hydrogens (tertiary/aromatic N) is 3. The minimum absolute atomic E-state index is 0.000937. The molecule has 0 spiro atoms. The number of methoxy groups -OCH3 is 1. The van der Waals surface area contributed by atoms with Gasteiger partial charge in [-0.25, -0.2) is 0 Å². The van der Waals surface area contributed by atoms with Crippen LogP contribution in [0.5, 0.6) is 5.75 Å². The maximum absolute atomic E-state index is 13.8. The van der Waals surface area contributed by atoms with E-state index in [0.717, 1.165) is 28.1 Å². The summed E-state index contributed by atoms with van der Waals surface area (Å²) in [5.41, 5.74) is 4.10. The highest BCUT2D eigenvalue weighted by molar-refractivity contribution is 5.94. The van der Waals surface area contributed by atoms with Crippen LogP contribution in [0.25, 0.3) is 6.08 Å². The number of amides is 2. The van der Waals surface area contributed by atoms with Crippen LogP contribution in [0.1, 0.15) is 36.2 Å². The van der Waals surface area contributed by atoms with E-state index in [-0.39, 0.29) is 24.4 Å². The molecule has 4 rings (SSSR count). The summed E-state index contributed by atoms with van der Waals surface area (Å²) in [6.45, 7) is 5.40. The first-order chi connectivity index (χ1) is 19.4. The quantitative estimate of drug-likeness (QED) is 0.208. The molecular formula is C34H37N3O3. The molecule has 0 fully saturated rings. The SMILES string of the molecule is COc1cccc(Cn2cccc2CN(Cc2ccccc2)C(=O)CN(C(=O)/C=C/c2ccccc2)C(C)C)c1. The zero-order chi connectivity index (χ0) is 28.3. The molecule has 3 aromatic carbocycles. The van der Waals surface area contributed by atoms with Gasteiger partial charge in [0.05, 0.1) is 13.7 Å². The van der Waals surface area contributed by atoms with Crippen molar-refractivity contribution >= 4 is 17.9 Å². The van der Waals surface area contributed by atoms with Gasteiger partial charge in [-0.2, -0.15) is 0 Å². The second-order valence-corrected chi connectivity index (χ2v) is 10.0. The largest absolute Gasteiger partial charge is 0.497 e. The first-order valence-electron chi connectivity index (χ1n) is 13.6. The molecule has 0 bridgehead atoms. The molecule has 1 heterocycles. The third-order valence-corrected chi connectivity index (χ3v) is 6.76. The molecule has 206 valence electrons. The molecule has 0 N–H and O–H groups in total. The number of carbonyl (C=O) groups is 2. The fourth-order valence-corrected chi connectivity index (χ4v) is 4.53. The van der Waals surface area contributed by atoms with Crippen LogP contribution in [0.2, 0.25) is 0 Å². The molecule has 0 aliphatic rings. The highest BCUT2D eigenvalue weighted by Crippen LogP contribution is 2.17. The van der Waals surface area contributed by atoms with E-state index in [0.29, 0.717) is 19.6 Å². The molecule has 0 radical (unpaired) electrons. The molecule has 0 saturated heterocycles. The number of hydrogen-bond acceptors (Lipinski definition) is 3. The van der Waals surface area contributed by atoms with E-state index >= 15 is 0 Å². The van der Waals surface area contributed by atoms with E-state index in [1.54, 1.807) is 24.2 Å². The minimum atomic E-state index is -0.187. The molecule has 0 atom stereocenters. The Morgan fingerprint density at radius 1 is 0.850 bits per heavy atom. The van der Waals surface area contributed by atoms with Gasteiger partial charge >= 0.3 is 0 Å². The Morgan fingerprint density at radius 3 is 2.25 bits per heavy atom. The van der Waals surface area contributed by atoms with Crippen LogP contribution in [-0.4, -0.2) is 45.9 Å². The number of benzene rings is 3. The van der Waals surface area contributed by atoms with Gasteiger partial charge in [0.2, 0.25) is 11.8 Å². The molecular weight excluding hydrogens is 498 g/mol. The standard InChI is InChI=1S/C34H37N3O3/c1-27(2)37(33(38)20-19-28-12-6-4-7-13-28)26-34(39)36(23-29-14-8-5-9-15-29)25-31-17-11-21-35(31)24-30-16-10-18-32(22-30)40-3/h4-22,27H,23-26H2,1-3H3/b20-19+.